The number of hydrogen-bond donors (Lipinski definition) is 4. The van der Waals surface area contributed by atoms with Gasteiger partial charge in [0.1, 0.15) is 11.7 Å². The number of fused-ring (bicyclic) bond motifs is 2. The van der Waals surface area contributed by atoms with Gasteiger partial charge in [-0.1, -0.05) is 39.8 Å². The predicted molar refractivity (Wildman–Crippen MR) is 170 cm³/mol. The average molecular weight is 628 g/mol. The van der Waals surface area contributed by atoms with E-state index in [1.807, 2.05) is 36.1 Å². The molecule has 1 aromatic heterocycles. The molecule has 10 nitrogen and oxygen atoms in total. The Kier molecular flexibility index (Phi) is 10.4. The number of amides is 4. The molecule has 240 valence electrons. The topological polar surface area (TPSA) is 140 Å². The standard InChI is InChI=1S/C24H33N3O2.C9H13ClN2O3/c1-13(2)10-20(23(29)27-12-17-21(15(27)4)24(17,5)6)26-22(28)19-11-16-14(3)8-7-9-18(16)25-19;10-4-8(14)7(12-5-13)3-6-1-2-11-9(6)15/h7-9,11,13,15,17,20-21,25H,10,12H2,1-6H3,(H,26,28);5-7H,1-4H2,(H,11,15)(H,12,13)/t15-,17+,20+,21-;6-,7-/m10/s1. The molecule has 1 saturated carbocycles. The third-order valence-electron chi connectivity index (χ3n) is 9.74. The van der Waals surface area contributed by atoms with Crippen molar-refractivity contribution in [2.45, 2.75) is 78.9 Å². The second kappa shape index (κ2) is 13.7. The van der Waals surface area contributed by atoms with Gasteiger partial charge in [-0.05, 0) is 74.0 Å². The first kappa shape index (κ1) is 33.5. The summed E-state index contributed by atoms with van der Waals surface area (Å²) in [5, 5.41) is 9.13. The Morgan fingerprint density at radius 1 is 1.20 bits per heavy atom. The maximum absolute atomic E-state index is 13.4. The molecule has 3 aliphatic rings. The molecule has 4 amide bonds. The zero-order valence-electron chi connectivity index (χ0n) is 26.5. The number of rotatable bonds is 11. The van der Waals surface area contributed by atoms with Gasteiger partial charge in [-0.2, -0.15) is 0 Å². The third-order valence-corrected chi connectivity index (χ3v) is 10.0. The van der Waals surface area contributed by atoms with Gasteiger partial charge in [0.05, 0.1) is 11.9 Å². The lowest BCUT2D eigenvalue weighted by Gasteiger charge is -2.32. The number of benzene rings is 1. The SMILES string of the molecule is Cc1cccc2[nH]c(C(=O)N[C@@H](CC(C)C)C(=O)N3C[C@H]4[C@@H]([C@H]3C)C4(C)C)cc12.O=CN[C@@H](C[C@@H]1CCNC1=O)C(=O)CCl. The highest BCUT2D eigenvalue weighted by atomic mass is 35.5. The number of nitrogens with zero attached hydrogens (tertiary/aromatic N) is 1. The summed E-state index contributed by atoms with van der Waals surface area (Å²) in [5.41, 5.74) is 2.92. The molecule has 5 rings (SSSR count). The van der Waals surface area contributed by atoms with Gasteiger partial charge in [0.2, 0.25) is 18.2 Å². The average Bonchev–Trinajstić information content (AvgIpc) is 3.44. The Hall–Kier alpha value is -3.40. The molecular weight excluding hydrogens is 582 g/mol. The van der Waals surface area contributed by atoms with Crippen molar-refractivity contribution < 1.29 is 24.0 Å². The van der Waals surface area contributed by atoms with Gasteiger partial charge in [0, 0.05) is 36.0 Å². The summed E-state index contributed by atoms with van der Waals surface area (Å²) >= 11 is 5.40. The summed E-state index contributed by atoms with van der Waals surface area (Å²) in [6.45, 7) is 14.4. The van der Waals surface area contributed by atoms with Crippen molar-refractivity contribution in [1.82, 2.24) is 25.8 Å². The van der Waals surface area contributed by atoms with Crippen molar-refractivity contribution >= 4 is 52.4 Å². The van der Waals surface area contributed by atoms with Crippen LogP contribution in [0.15, 0.2) is 24.3 Å². The summed E-state index contributed by atoms with van der Waals surface area (Å²) in [7, 11) is 0. The van der Waals surface area contributed by atoms with E-state index >= 15 is 0 Å². The van der Waals surface area contributed by atoms with Crippen molar-refractivity contribution in [2.24, 2.45) is 29.1 Å². The summed E-state index contributed by atoms with van der Waals surface area (Å²) < 4.78 is 0. The molecule has 44 heavy (non-hydrogen) atoms. The molecule has 0 spiro atoms. The van der Waals surface area contributed by atoms with Crippen molar-refractivity contribution in [1.29, 1.82) is 0 Å². The lowest BCUT2D eigenvalue weighted by molar-refractivity contribution is -0.135. The van der Waals surface area contributed by atoms with Crippen molar-refractivity contribution in [3.8, 4) is 0 Å². The van der Waals surface area contributed by atoms with Gasteiger partial charge < -0.3 is 25.8 Å². The maximum atomic E-state index is 13.4. The molecule has 11 heteroatoms. The number of aromatic amines is 1. The van der Waals surface area contributed by atoms with E-state index in [2.05, 4.69) is 55.6 Å². The first-order valence-electron chi connectivity index (χ1n) is 15.6. The number of alkyl halides is 1. The number of halogens is 1. The van der Waals surface area contributed by atoms with Crippen LogP contribution < -0.4 is 16.0 Å². The van der Waals surface area contributed by atoms with Gasteiger partial charge in [-0.15, -0.1) is 11.6 Å². The van der Waals surface area contributed by atoms with Crippen LogP contribution >= 0.6 is 11.6 Å². The fourth-order valence-corrected chi connectivity index (χ4v) is 7.32. The molecule has 1 aliphatic carbocycles. The molecule has 6 atom stereocenters. The van der Waals surface area contributed by atoms with Gasteiger partial charge in [0.25, 0.3) is 5.91 Å². The number of likely N-dealkylation sites (tertiary alicyclic amines) is 1. The van der Waals surface area contributed by atoms with E-state index in [1.165, 1.54) is 0 Å². The van der Waals surface area contributed by atoms with Crippen LogP contribution in [0.1, 0.15) is 69.9 Å². The first-order valence-corrected chi connectivity index (χ1v) is 16.1. The van der Waals surface area contributed by atoms with Gasteiger partial charge >= 0.3 is 0 Å². The minimum atomic E-state index is -0.645. The molecule has 1 aromatic carbocycles. The summed E-state index contributed by atoms with van der Waals surface area (Å²) in [6.07, 6.45) is 2.13. The van der Waals surface area contributed by atoms with E-state index in [0.29, 0.717) is 61.1 Å². The van der Waals surface area contributed by atoms with Crippen LogP contribution in [0.4, 0.5) is 0 Å². The second-order valence-electron chi connectivity index (χ2n) is 13.5. The van der Waals surface area contributed by atoms with E-state index in [4.69, 9.17) is 11.6 Å². The monoisotopic (exact) mass is 627 g/mol. The number of aromatic nitrogens is 1. The summed E-state index contributed by atoms with van der Waals surface area (Å²) in [4.78, 5) is 64.4. The summed E-state index contributed by atoms with van der Waals surface area (Å²) in [6, 6.07) is 6.97. The molecule has 3 heterocycles. The molecule has 2 aliphatic heterocycles. The van der Waals surface area contributed by atoms with E-state index in [-0.39, 0.29) is 41.3 Å². The van der Waals surface area contributed by atoms with E-state index in [0.717, 1.165) is 23.0 Å². The van der Waals surface area contributed by atoms with Crippen molar-refractivity contribution in [3.05, 3.63) is 35.5 Å². The maximum Gasteiger partial charge on any atom is 0.268 e. The van der Waals surface area contributed by atoms with E-state index < -0.39 is 12.1 Å². The van der Waals surface area contributed by atoms with Crippen LogP contribution in [0.5, 0.6) is 0 Å². The molecule has 0 radical (unpaired) electrons. The first-order chi connectivity index (χ1) is 20.8. The number of nitrogens with one attached hydrogen (secondary N) is 4. The predicted octanol–water partition coefficient (Wildman–Crippen LogP) is 3.56. The fraction of sp³-hybridized carbons (Fsp3) is 0.606. The fourth-order valence-electron chi connectivity index (χ4n) is 7.14. The van der Waals surface area contributed by atoms with Crippen LogP contribution in [0.3, 0.4) is 0 Å². The highest BCUT2D eigenvalue weighted by Gasteiger charge is 2.66. The number of ketones is 1. The Labute approximate surface area is 264 Å². The van der Waals surface area contributed by atoms with Crippen molar-refractivity contribution in [2.75, 3.05) is 19.0 Å². The molecule has 2 aromatic rings. The van der Waals surface area contributed by atoms with Crippen molar-refractivity contribution in [3.63, 3.8) is 0 Å². The molecule has 2 saturated heterocycles. The third kappa shape index (κ3) is 7.11. The molecule has 4 N–H and O–H groups in total. The highest BCUT2D eigenvalue weighted by Crippen LogP contribution is 2.64. The number of aryl methyl sites for hydroxylation is 1. The second-order valence-corrected chi connectivity index (χ2v) is 13.8. The number of carbonyl (C=O) groups excluding carboxylic acids is 5. The Morgan fingerprint density at radius 2 is 1.93 bits per heavy atom. The number of H-pyrrole nitrogens is 1. The summed E-state index contributed by atoms with van der Waals surface area (Å²) in [5.74, 6) is 0.671. The Morgan fingerprint density at radius 3 is 2.48 bits per heavy atom. The normalized spacial score (nSPS) is 24.5. The number of Topliss-reactive ketones (excluding diaryl/α,β-unsaturated/α-hetero) is 1. The lowest BCUT2D eigenvalue weighted by Crippen LogP contribution is -2.51. The largest absolute Gasteiger partial charge is 0.356 e. The number of piperidine rings is 1. The Balaban J connectivity index is 0.000000249. The quantitative estimate of drug-likeness (QED) is 0.223. The zero-order chi connectivity index (χ0) is 32.3. The van der Waals surface area contributed by atoms with Crippen LogP contribution in [-0.2, 0) is 19.2 Å². The molecular formula is C33H46ClN5O5. The molecule has 3 fully saturated rings. The van der Waals surface area contributed by atoms with Crippen LogP contribution in [0.25, 0.3) is 10.9 Å². The Bertz CT molecular complexity index is 1400. The van der Waals surface area contributed by atoms with Crippen LogP contribution in [-0.4, -0.2) is 76.9 Å². The van der Waals surface area contributed by atoms with Gasteiger partial charge in [-0.3, -0.25) is 24.0 Å². The lowest BCUT2D eigenvalue weighted by atomic mass is 9.96. The molecule has 0 bridgehead atoms. The van der Waals surface area contributed by atoms with Gasteiger partial charge in [0.15, 0.2) is 5.78 Å². The van der Waals surface area contributed by atoms with Gasteiger partial charge in [-0.25, -0.2) is 0 Å². The smallest absolute Gasteiger partial charge is 0.268 e. The minimum absolute atomic E-state index is 0.0601. The molecule has 0 unspecified atom stereocenters. The van der Waals surface area contributed by atoms with E-state index in [9.17, 15) is 24.0 Å². The van der Waals surface area contributed by atoms with Crippen LogP contribution in [0, 0.1) is 36.0 Å². The number of carbonyl (C=O) groups is 5. The number of hydrogen-bond acceptors (Lipinski definition) is 5. The van der Waals surface area contributed by atoms with E-state index in [1.54, 1.807) is 0 Å². The zero-order valence-corrected chi connectivity index (χ0v) is 27.3. The minimum Gasteiger partial charge on any atom is -0.356 e. The van der Waals surface area contributed by atoms with Crippen LogP contribution in [0.2, 0.25) is 0 Å². The highest BCUT2D eigenvalue weighted by molar-refractivity contribution is 6.28.